The Labute approximate surface area is 154 Å². The van der Waals surface area contributed by atoms with E-state index in [1.54, 1.807) is 54.7 Å². The number of benzene rings is 1. The number of pyridine rings is 1. The van der Waals surface area contributed by atoms with E-state index < -0.39 is 11.7 Å². The van der Waals surface area contributed by atoms with Crippen molar-refractivity contribution in [1.29, 1.82) is 0 Å². The number of ketones is 1. The average Bonchev–Trinajstić information content (AvgIpc) is 2.73. The van der Waals surface area contributed by atoms with Gasteiger partial charge >= 0.3 is 0 Å². The van der Waals surface area contributed by atoms with E-state index in [2.05, 4.69) is 15.0 Å². The summed E-state index contributed by atoms with van der Waals surface area (Å²) in [5.74, 6) is -0.801. The average molecular weight is 360 g/mol. The van der Waals surface area contributed by atoms with Crippen LogP contribution in [0.25, 0.3) is 11.5 Å². The molecule has 1 N–H and O–H groups in total. The summed E-state index contributed by atoms with van der Waals surface area (Å²) in [7, 11) is 0. The lowest BCUT2D eigenvalue weighted by atomic mass is 10.0. The summed E-state index contributed by atoms with van der Waals surface area (Å²) in [4.78, 5) is 50.3. The van der Waals surface area contributed by atoms with Crippen molar-refractivity contribution in [1.82, 2.24) is 19.9 Å². The third-order valence-corrected chi connectivity index (χ3v) is 4.50. The molecule has 4 rings (SSSR count). The molecule has 0 fully saturated rings. The largest absolute Gasteiger partial charge is 0.330 e. The van der Waals surface area contributed by atoms with Gasteiger partial charge < -0.3 is 9.88 Å². The fourth-order valence-electron chi connectivity index (χ4n) is 3.09. The fraction of sp³-hybridized carbons (Fsp3) is 0.150. The summed E-state index contributed by atoms with van der Waals surface area (Å²) in [6, 6.07) is 13.8. The fourth-order valence-corrected chi connectivity index (χ4v) is 3.09. The van der Waals surface area contributed by atoms with Gasteiger partial charge in [0.25, 0.3) is 11.5 Å². The Balaban J connectivity index is 1.62. The lowest BCUT2D eigenvalue weighted by molar-refractivity contribution is -0.127. The van der Waals surface area contributed by atoms with E-state index in [-0.39, 0.29) is 12.1 Å². The van der Waals surface area contributed by atoms with Crippen LogP contribution in [0.15, 0.2) is 59.5 Å². The minimum atomic E-state index is -0.590. The SMILES string of the molecule is O=C(C(=O)N1CCc2c(nc(-c3ccccn3)[nH]c2=O)C1)c1ccccc1. The Morgan fingerprint density at radius 1 is 1.04 bits per heavy atom. The maximum atomic E-state index is 12.6. The molecule has 27 heavy (non-hydrogen) atoms. The second kappa shape index (κ2) is 6.95. The van der Waals surface area contributed by atoms with Gasteiger partial charge in [-0.25, -0.2) is 4.98 Å². The van der Waals surface area contributed by atoms with Crippen LogP contribution in [-0.4, -0.2) is 38.1 Å². The number of hydrogen-bond donors (Lipinski definition) is 1. The van der Waals surface area contributed by atoms with Gasteiger partial charge in [-0.15, -0.1) is 0 Å². The van der Waals surface area contributed by atoms with Gasteiger partial charge in [-0.2, -0.15) is 0 Å². The summed E-state index contributed by atoms with van der Waals surface area (Å²) in [6.07, 6.45) is 1.97. The van der Waals surface area contributed by atoms with Gasteiger partial charge in [-0.05, 0) is 18.6 Å². The summed E-state index contributed by atoms with van der Waals surface area (Å²) in [5.41, 5.74) is 1.70. The van der Waals surface area contributed by atoms with Crippen LogP contribution in [-0.2, 0) is 17.8 Å². The van der Waals surface area contributed by atoms with Crippen molar-refractivity contribution < 1.29 is 9.59 Å². The molecule has 0 saturated carbocycles. The van der Waals surface area contributed by atoms with Gasteiger partial charge in [0.1, 0.15) is 5.69 Å². The molecular weight excluding hydrogens is 344 g/mol. The molecule has 0 atom stereocenters. The first-order valence-electron chi connectivity index (χ1n) is 8.55. The van der Waals surface area contributed by atoms with Gasteiger partial charge in [0, 0.05) is 23.9 Å². The second-order valence-corrected chi connectivity index (χ2v) is 6.23. The normalized spacial score (nSPS) is 13.1. The first kappa shape index (κ1) is 16.8. The van der Waals surface area contributed by atoms with Crippen LogP contribution in [0.2, 0.25) is 0 Å². The zero-order chi connectivity index (χ0) is 18.8. The number of carbonyl (C=O) groups excluding carboxylic acids is 2. The number of carbonyl (C=O) groups is 2. The molecule has 134 valence electrons. The predicted molar refractivity (Wildman–Crippen MR) is 98.0 cm³/mol. The van der Waals surface area contributed by atoms with Crippen LogP contribution in [0.5, 0.6) is 0 Å². The summed E-state index contributed by atoms with van der Waals surface area (Å²) in [6.45, 7) is 0.425. The molecule has 0 radical (unpaired) electrons. The molecular formula is C20H16N4O3. The smallest absolute Gasteiger partial charge is 0.295 e. The molecule has 1 aromatic carbocycles. The standard InChI is InChI=1S/C20H16N4O3/c25-17(13-6-2-1-3-7-13)20(27)24-11-9-14-16(12-24)22-18(23-19(14)26)15-8-4-5-10-21-15/h1-8,10H,9,11-12H2,(H,22,23,26). The molecule has 1 amide bonds. The van der Waals surface area contributed by atoms with Crippen molar-refractivity contribution in [2.45, 2.75) is 13.0 Å². The van der Waals surface area contributed by atoms with Crippen LogP contribution in [0.1, 0.15) is 21.6 Å². The Hall–Kier alpha value is -3.61. The number of fused-ring (bicyclic) bond motifs is 1. The maximum Gasteiger partial charge on any atom is 0.295 e. The van der Waals surface area contributed by atoms with E-state index in [1.165, 1.54) is 4.90 Å². The van der Waals surface area contributed by atoms with E-state index >= 15 is 0 Å². The van der Waals surface area contributed by atoms with E-state index in [1.807, 2.05) is 0 Å². The van der Waals surface area contributed by atoms with Crippen LogP contribution in [0.3, 0.4) is 0 Å². The van der Waals surface area contributed by atoms with Crippen molar-refractivity contribution in [3.63, 3.8) is 0 Å². The van der Waals surface area contributed by atoms with Gasteiger partial charge in [-0.1, -0.05) is 36.4 Å². The topological polar surface area (TPSA) is 96.0 Å². The Bertz CT molecular complexity index is 1060. The molecule has 1 aliphatic rings. The molecule has 3 heterocycles. The van der Waals surface area contributed by atoms with E-state index in [4.69, 9.17) is 0 Å². The third kappa shape index (κ3) is 3.27. The number of nitrogens with one attached hydrogen (secondary N) is 1. The van der Waals surface area contributed by atoms with Gasteiger partial charge in [0.05, 0.1) is 12.2 Å². The summed E-state index contributed by atoms with van der Waals surface area (Å²) >= 11 is 0. The van der Waals surface area contributed by atoms with Crippen LogP contribution in [0.4, 0.5) is 0 Å². The molecule has 1 aliphatic heterocycles. The molecule has 0 spiro atoms. The molecule has 0 aliphatic carbocycles. The zero-order valence-electron chi connectivity index (χ0n) is 14.4. The number of hydrogen-bond acceptors (Lipinski definition) is 5. The molecule has 0 saturated heterocycles. The van der Waals surface area contributed by atoms with Crippen molar-refractivity contribution in [3.05, 3.63) is 81.9 Å². The first-order chi connectivity index (χ1) is 13.1. The van der Waals surface area contributed by atoms with Crippen molar-refractivity contribution in [2.24, 2.45) is 0 Å². The number of Topliss-reactive ketones (excluding diaryl/α,β-unsaturated/α-hetero) is 1. The number of amides is 1. The lowest BCUT2D eigenvalue weighted by Gasteiger charge is -2.27. The minimum absolute atomic E-state index is 0.122. The van der Waals surface area contributed by atoms with Crippen LogP contribution in [0, 0.1) is 0 Å². The number of aromatic nitrogens is 3. The highest BCUT2D eigenvalue weighted by Crippen LogP contribution is 2.18. The number of aromatic amines is 1. The Kier molecular flexibility index (Phi) is 4.33. The van der Waals surface area contributed by atoms with Gasteiger partial charge in [0.2, 0.25) is 5.78 Å². The van der Waals surface area contributed by atoms with Crippen LogP contribution < -0.4 is 5.56 Å². The molecule has 0 unspecified atom stereocenters. The molecule has 3 aromatic rings. The molecule has 2 aromatic heterocycles. The Morgan fingerprint density at radius 2 is 1.81 bits per heavy atom. The molecule has 7 nitrogen and oxygen atoms in total. The number of H-pyrrole nitrogens is 1. The van der Waals surface area contributed by atoms with Gasteiger partial charge in [0.15, 0.2) is 5.82 Å². The molecule has 0 bridgehead atoms. The lowest BCUT2D eigenvalue weighted by Crippen LogP contribution is -2.42. The summed E-state index contributed by atoms with van der Waals surface area (Å²) in [5, 5.41) is 0. The highest BCUT2D eigenvalue weighted by molar-refractivity contribution is 6.42. The molecule has 7 heteroatoms. The first-order valence-corrected chi connectivity index (χ1v) is 8.55. The quantitative estimate of drug-likeness (QED) is 0.565. The third-order valence-electron chi connectivity index (χ3n) is 4.50. The van der Waals surface area contributed by atoms with E-state index in [0.717, 1.165) is 0 Å². The summed E-state index contributed by atoms with van der Waals surface area (Å²) < 4.78 is 0. The van der Waals surface area contributed by atoms with Crippen molar-refractivity contribution >= 4 is 11.7 Å². The highest BCUT2D eigenvalue weighted by atomic mass is 16.2. The minimum Gasteiger partial charge on any atom is -0.330 e. The van der Waals surface area contributed by atoms with E-state index in [0.29, 0.717) is 41.3 Å². The van der Waals surface area contributed by atoms with Crippen LogP contribution >= 0.6 is 0 Å². The number of rotatable bonds is 3. The maximum absolute atomic E-state index is 12.6. The number of nitrogens with zero attached hydrogens (tertiary/aromatic N) is 3. The van der Waals surface area contributed by atoms with Crippen molar-refractivity contribution in [2.75, 3.05) is 6.54 Å². The Morgan fingerprint density at radius 3 is 2.56 bits per heavy atom. The second-order valence-electron chi connectivity index (χ2n) is 6.23. The monoisotopic (exact) mass is 360 g/mol. The predicted octanol–water partition coefficient (Wildman–Crippen LogP) is 1.60. The van der Waals surface area contributed by atoms with Crippen molar-refractivity contribution in [3.8, 4) is 11.5 Å². The van der Waals surface area contributed by atoms with E-state index in [9.17, 15) is 14.4 Å². The van der Waals surface area contributed by atoms with Gasteiger partial charge in [-0.3, -0.25) is 19.4 Å². The zero-order valence-corrected chi connectivity index (χ0v) is 14.4. The highest BCUT2D eigenvalue weighted by Gasteiger charge is 2.29.